The molecule has 1 heterocycles. The van der Waals surface area contributed by atoms with Gasteiger partial charge in [-0.1, -0.05) is 30.3 Å². The summed E-state index contributed by atoms with van der Waals surface area (Å²) in [4.78, 5) is 25.0. The molecule has 1 aromatic heterocycles. The van der Waals surface area contributed by atoms with Gasteiger partial charge in [0.05, 0.1) is 12.5 Å². The van der Waals surface area contributed by atoms with Gasteiger partial charge in [0.1, 0.15) is 5.75 Å². The Kier molecular flexibility index (Phi) is 6.40. The second-order valence-electron chi connectivity index (χ2n) is 6.12. The van der Waals surface area contributed by atoms with Crippen LogP contribution in [0.2, 0.25) is 0 Å². The number of nitrogens with zero attached hydrogens (tertiary/aromatic N) is 2. The second-order valence-corrected chi connectivity index (χ2v) is 6.53. The van der Waals surface area contributed by atoms with Crippen molar-refractivity contribution in [2.45, 2.75) is 20.0 Å². The zero-order valence-electron chi connectivity index (χ0n) is 16.1. The number of fused-ring (bicyclic) bond motifs is 1. The molecule has 0 unspecified atom stereocenters. The lowest BCUT2D eigenvalue weighted by molar-refractivity contribution is 0.0938. The highest BCUT2D eigenvalue weighted by atomic mass is 32.1. The average Bonchev–Trinajstić information content (AvgIpc) is 2.76. The Labute approximate surface area is 172 Å². The molecule has 8 nitrogen and oxygen atoms in total. The number of hydrazine groups is 1. The molecule has 0 bridgehead atoms. The van der Waals surface area contributed by atoms with Crippen molar-refractivity contribution in [1.29, 1.82) is 0 Å². The van der Waals surface area contributed by atoms with Crippen LogP contribution in [0.3, 0.4) is 0 Å². The third kappa shape index (κ3) is 4.69. The number of thiocarbonyl (C=S) groups is 1. The van der Waals surface area contributed by atoms with Crippen LogP contribution in [0.4, 0.5) is 0 Å². The van der Waals surface area contributed by atoms with Gasteiger partial charge in [-0.25, -0.2) is 4.68 Å². The maximum absolute atomic E-state index is 12.6. The predicted octanol–water partition coefficient (Wildman–Crippen LogP) is 1.73. The van der Waals surface area contributed by atoms with Crippen molar-refractivity contribution in [2.75, 3.05) is 7.11 Å². The SMILES string of the molecule is CCn1nc(C(=O)NNC(=S)NCc2ccc(OC)cc2)c2ccccc2c1=O. The Morgan fingerprint density at radius 2 is 1.79 bits per heavy atom. The zero-order chi connectivity index (χ0) is 20.8. The average molecular weight is 411 g/mol. The third-order valence-electron chi connectivity index (χ3n) is 4.28. The molecule has 2 aromatic carbocycles. The summed E-state index contributed by atoms with van der Waals surface area (Å²) < 4.78 is 6.38. The summed E-state index contributed by atoms with van der Waals surface area (Å²) in [6.45, 7) is 2.63. The number of amides is 1. The molecule has 0 aliphatic rings. The second kappa shape index (κ2) is 9.16. The van der Waals surface area contributed by atoms with E-state index in [0.717, 1.165) is 11.3 Å². The van der Waals surface area contributed by atoms with Crippen LogP contribution in [0.5, 0.6) is 5.75 Å². The molecule has 0 saturated carbocycles. The van der Waals surface area contributed by atoms with Crippen LogP contribution in [0.1, 0.15) is 23.0 Å². The van der Waals surface area contributed by atoms with Crippen LogP contribution >= 0.6 is 12.2 Å². The van der Waals surface area contributed by atoms with E-state index >= 15 is 0 Å². The first-order valence-electron chi connectivity index (χ1n) is 9.00. The monoisotopic (exact) mass is 411 g/mol. The molecule has 3 rings (SSSR count). The summed E-state index contributed by atoms with van der Waals surface area (Å²) in [5, 5.41) is 8.36. The topological polar surface area (TPSA) is 97.3 Å². The minimum absolute atomic E-state index is 0.146. The lowest BCUT2D eigenvalue weighted by Crippen LogP contribution is -2.47. The van der Waals surface area contributed by atoms with E-state index in [1.165, 1.54) is 4.68 Å². The van der Waals surface area contributed by atoms with Gasteiger partial charge >= 0.3 is 0 Å². The van der Waals surface area contributed by atoms with Crippen LogP contribution in [-0.2, 0) is 13.1 Å². The molecular formula is C20H21N5O3S. The molecule has 0 atom stereocenters. The van der Waals surface area contributed by atoms with E-state index in [0.29, 0.717) is 23.9 Å². The summed E-state index contributed by atoms with van der Waals surface area (Å²) in [7, 11) is 1.61. The summed E-state index contributed by atoms with van der Waals surface area (Å²) >= 11 is 5.20. The molecule has 150 valence electrons. The Morgan fingerprint density at radius 3 is 2.45 bits per heavy atom. The van der Waals surface area contributed by atoms with Gasteiger partial charge in [0, 0.05) is 18.5 Å². The van der Waals surface area contributed by atoms with Crippen molar-refractivity contribution in [2.24, 2.45) is 0 Å². The molecule has 0 aliphatic heterocycles. The van der Waals surface area contributed by atoms with Gasteiger partial charge in [0.2, 0.25) is 0 Å². The lowest BCUT2D eigenvalue weighted by atomic mass is 10.1. The molecule has 0 aliphatic carbocycles. The lowest BCUT2D eigenvalue weighted by Gasteiger charge is -2.13. The minimum atomic E-state index is -0.489. The molecule has 0 saturated heterocycles. The first-order valence-corrected chi connectivity index (χ1v) is 9.41. The number of ether oxygens (including phenoxy) is 1. The first kappa shape index (κ1) is 20.3. The normalized spacial score (nSPS) is 10.4. The van der Waals surface area contributed by atoms with Crippen molar-refractivity contribution in [1.82, 2.24) is 25.9 Å². The van der Waals surface area contributed by atoms with Crippen molar-refractivity contribution >= 4 is 34.0 Å². The fourth-order valence-electron chi connectivity index (χ4n) is 2.76. The van der Waals surface area contributed by atoms with Gasteiger partial charge in [-0.05, 0) is 42.9 Å². The maximum atomic E-state index is 12.6. The van der Waals surface area contributed by atoms with Gasteiger partial charge in [0.15, 0.2) is 10.8 Å². The van der Waals surface area contributed by atoms with Crippen molar-refractivity contribution in [3.8, 4) is 5.75 Å². The molecular weight excluding hydrogens is 390 g/mol. The standard InChI is InChI=1S/C20H21N5O3S/c1-3-25-19(27)16-7-5-4-6-15(16)17(24-25)18(26)22-23-20(29)21-12-13-8-10-14(28-2)11-9-13/h4-11H,3,12H2,1-2H3,(H,22,26)(H2,21,23,29). The molecule has 0 spiro atoms. The number of aromatic nitrogens is 2. The number of carbonyl (C=O) groups excluding carboxylic acids is 1. The number of aryl methyl sites for hydroxylation is 1. The zero-order valence-corrected chi connectivity index (χ0v) is 16.9. The first-order chi connectivity index (χ1) is 14.0. The molecule has 3 N–H and O–H groups in total. The quantitative estimate of drug-likeness (QED) is 0.435. The van der Waals surface area contributed by atoms with E-state index in [2.05, 4.69) is 21.3 Å². The Bertz CT molecular complexity index is 1100. The van der Waals surface area contributed by atoms with E-state index in [4.69, 9.17) is 17.0 Å². The Balaban J connectivity index is 1.65. The summed E-state index contributed by atoms with van der Waals surface area (Å²) in [5.74, 6) is 0.284. The van der Waals surface area contributed by atoms with Crippen LogP contribution in [0.15, 0.2) is 53.3 Å². The molecule has 1 amide bonds. The number of rotatable bonds is 5. The van der Waals surface area contributed by atoms with Gasteiger partial charge in [-0.3, -0.25) is 20.4 Å². The van der Waals surface area contributed by atoms with Crippen LogP contribution < -0.4 is 26.5 Å². The van der Waals surface area contributed by atoms with Crippen molar-refractivity contribution < 1.29 is 9.53 Å². The molecule has 0 fully saturated rings. The number of hydrogen-bond donors (Lipinski definition) is 3. The highest BCUT2D eigenvalue weighted by molar-refractivity contribution is 7.80. The van der Waals surface area contributed by atoms with E-state index in [1.54, 1.807) is 38.3 Å². The Morgan fingerprint density at radius 1 is 1.10 bits per heavy atom. The van der Waals surface area contributed by atoms with Crippen LogP contribution in [0.25, 0.3) is 10.8 Å². The predicted molar refractivity (Wildman–Crippen MR) is 115 cm³/mol. The van der Waals surface area contributed by atoms with E-state index in [1.807, 2.05) is 24.3 Å². The smallest absolute Gasteiger partial charge is 0.290 e. The molecule has 3 aromatic rings. The highest BCUT2D eigenvalue weighted by Gasteiger charge is 2.16. The van der Waals surface area contributed by atoms with Crippen LogP contribution in [0, 0.1) is 0 Å². The third-order valence-corrected chi connectivity index (χ3v) is 4.53. The van der Waals surface area contributed by atoms with Gasteiger partial charge in [0.25, 0.3) is 11.5 Å². The molecule has 0 radical (unpaired) electrons. The number of nitrogens with one attached hydrogen (secondary N) is 3. The van der Waals surface area contributed by atoms with Gasteiger partial charge < -0.3 is 10.1 Å². The summed E-state index contributed by atoms with van der Waals surface area (Å²) in [5.41, 5.74) is 6.10. The minimum Gasteiger partial charge on any atom is -0.497 e. The van der Waals surface area contributed by atoms with E-state index in [-0.39, 0.29) is 16.4 Å². The fourth-order valence-corrected chi connectivity index (χ4v) is 2.88. The fraction of sp³-hybridized carbons (Fsp3) is 0.200. The number of carbonyl (C=O) groups is 1. The largest absolute Gasteiger partial charge is 0.497 e. The van der Waals surface area contributed by atoms with Crippen molar-refractivity contribution in [3.05, 3.63) is 70.1 Å². The number of methoxy groups -OCH3 is 1. The highest BCUT2D eigenvalue weighted by Crippen LogP contribution is 2.13. The number of hydrogen-bond acceptors (Lipinski definition) is 5. The molecule has 29 heavy (non-hydrogen) atoms. The van der Waals surface area contributed by atoms with E-state index in [9.17, 15) is 9.59 Å². The van der Waals surface area contributed by atoms with Gasteiger partial charge in [-0.2, -0.15) is 5.10 Å². The summed E-state index contributed by atoms with van der Waals surface area (Å²) in [6, 6.07) is 14.4. The summed E-state index contributed by atoms with van der Waals surface area (Å²) in [6.07, 6.45) is 0. The number of benzene rings is 2. The molecule has 9 heteroatoms. The van der Waals surface area contributed by atoms with Crippen LogP contribution in [-0.4, -0.2) is 27.9 Å². The Hall–Kier alpha value is -3.46. The maximum Gasteiger partial charge on any atom is 0.290 e. The van der Waals surface area contributed by atoms with Gasteiger partial charge in [-0.15, -0.1) is 0 Å². The van der Waals surface area contributed by atoms with Crippen molar-refractivity contribution in [3.63, 3.8) is 0 Å². The van der Waals surface area contributed by atoms with E-state index < -0.39 is 5.91 Å².